The fourth-order valence-electron chi connectivity index (χ4n) is 2.58. The molecule has 0 unspecified atom stereocenters. The van der Waals surface area contributed by atoms with Crippen molar-refractivity contribution in [1.82, 2.24) is 0 Å². The van der Waals surface area contributed by atoms with Crippen molar-refractivity contribution < 1.29 is 41.5 Å². The van der Waals surface area contributed by atoms with E-state index in [0.29, 0.717) is 35.4 Å². The summed E-state index contributed by atoms with van der Waals surface area (Å²) in [6.07, 6.45) is 1.55. The van der Waals surface area contributed by atoms with Gasteiger partial charge < -0.3 is 24.5 Å². The number of aliphatic carboxylic acids is 1. The Kier molecular flexibility index (Phi) is 10.1. The number of aliphatic imine (C=N–C) groups is 2. The second-order valence-corrected chi connectivity index (χ2v) is 6.70. The van der Waals surface area contributed by atoms with E-state index in [-0.39, 0.29) is 28.9 Å². The maximum Gasteiger partial charge on any atom is 2.00 e. The number of nitrogens with zero attached hydrogens (tertiary/aromatic N) is 2. The molecular weight excluding hydrogens is 436 g/mol. The Bertz CT molecular complexity index is 908. The van der Waals surface area contributed by atoms with Crippen molar-refractivity contribution in [2.75, 3.05) is 13.7 Å². The number of rotatable bonds is 5. The van der Waals surface area contributed by atoms with Gasteiger partial charge in [0, 0.05) is 12.2 Å². The molecule has 0 spiro atoms. The van der Waals surface area contributed by atoms with Gasteiger partial charge in [0.2, 0.25) is 5.90 Å². The first-order valence-corrected chi connectivity index (χ1v) is 9.19. The van der Waals surface area contributed by atoms with Crippen LogP contribution in [0.5, 0.6) is 11.5 Å². The van der Waals surface area contributed by atoms with Crippen molar-refractivity contribution >= 4 is 23.8 Å². The molecule has 8 heteroatoms. The van der Waals surface area contributed by atoms with Crippen LogP contribution in [0.4, 0.5) is 5.69 Å². The molecule has 1 heterocycles. The minimum Gasteiger partial charge on any atom is -0.870 e. The molecule has 1 radical (unpaired) electrons. The van der Waals surface area contributed by atoms with Crippen LogP contribution in [0, 0.1) is 5.92 Å². The summed E-state index contributed by atoms with van der Waals surface area (Å²) in [5, 5.41) is 21.1. The first-order chi connectivity index (χ1) is 13.8. The van der Waals surface area contributed by atoms with E-state index >= 15 is 0 Å². The number of benzene rings is 2. The van der Waals surface area contributed by atoms with Crippen LogP contribution in [-0.2, 0) is 26.6 Å². The van der Waals surface area contributed by atoms with Crippen LogP contribution in [0.15, 0.2) is 52.4 Å². The summed E-state index contributed by atoms with van der Waals surface area (Å²) in [5.74, 6) is 0.0773. The zero-order chi connectivity index (χ0) is 21.4. The van der Waals surface area contributed by atoms with Gasteiger partial charge in [0.05, 0.1) is 24.4 Å². The number of hydrogen-bond donors (Lipinski definition) is 0. The minimum absolute atomic E-state index is 0. The summed E-state index contributed by atoms with van der Waals surface area (Å²) < 4.78 is 10.8. The molecule has 3 rings (SSSR count). The van der Waals surface area contributed by atoms with Crippen molar-refractivity contribution in [2.45, 2.75) is 26.8 Å². The number of carboxylic acid groups (broad SMARTS) is 1. The largest absolute Gasteiger partial charge is 2.00 e. The Morgan fingerprint density at radius 1 is 1.27 bits per heavy atom. The topological polar surface area (TPSA) is 106 Å². The van der Waals surface area contributed by atoms with Crippen molar-refractivity contribution in [1.29, 1.82) is 0 Å². The van der Waals surface area contributed by atoms with E-state index < -0.39 is 5.97 Å². The van der Waals surface area contributed by atoms with Gasteiger partial charge >= 0.3 is 17.1 Å². The minimum atomic E-state index is -1.08. The zero-order valence-corrected chi connectivity index (χ0v) is 18.2. The molecule has 1 aliphatic heterocycles. The number of carboxylic acids is 1. The van der Waals surface area contributed by atoms with Crippen LogP contribution < -0.4 is 14.9 Å². The molecule has 2 aromatic rings. The first kappa shape index (κ1) is 25.2. The molecule has 2 aromatic carbocycles. The molecular formula is C22H24CuN2O5. The van der Waals surface area contributed by atoms with Gasteiger partial charge in [-0.2, -0.15) is 0 Å². The van der Waals surface area contributed by atoms with E-state index in [2.05, 4.69) is 23.8 Å². The third kappa shape index (κ3) is 6.90. The molecule has 0 saturated heterocycles. The van der Waals surface area contributed by atoms with Crippen LogP contribution in [0.1, 0.15) is 31.9 Å². The summed E-state index contributed by atoms with van der Waals surface area (Å²) in [4.78, 5) is 18.0. The van der Waals surface area contributed by atoms with Gasteiger partial charge in [-0.25, -0.2) is 4.99 Å². The smallest absolute Gasteiger partial charge is 0.870 e. The second kappa shape index (κ2) is 12.0. The molecule has 0 aromatic heterocycles. The van der Waals surface area contributed by atoms with Gasteiger partial charge in [0.25, 0.3) is 0 Å². The summed E-state index contributed by atoms with van der Waals surface area (Å²) in [7, 11) is 1.48. The van der Waals surface area contributed by atoms with Gasteiger partial charge in [0.1, 0.15) is 12.4 Å². The molecule has 163 valence electrons. The van der Waals surface area contributed by atoms with E-state index in [0.717, 1.165) is 12.5 Å². The quantitative estimate of drug-likeness (QED) is 0.502. The molecule has 7 nitrogen and oxygen atoms in total. The number of ether oxygens (including phenoxy) is 2. The van der Waals surface area contributed by atoms with E-state index in [1.165, 1.54) is 7.11 Å². The van der Waals surface area contributed by atoms with Crippen LogP contribution in [-0.4, -0.2) is 37.8 Å². The predicted octanol–water partition coefficient (Wildman–Crippen LogP) is 2.07. The maximum absolute atomic E-state index is 12.2. The average molecular weight is 460 g/mol. The Balaban J connectivity index is 0.000000827. The average Bonchev–Trinajstić information content (AvgIpc) is 3.17. The van der Waals surface area contributed by atoms with E-state index in [1.54, 1.807) is 24.4 Å². The van der Waals surface area contributed by atoms with Crippen LogP contribution >= 0.6 is 0 Å². The fourth-order valence-corrected chi connectivity index (χ4v) is 2.58. The second-order valence-electron chi connectivity index (χ2n) is 6.70. The third-order valence-corrected chi connectivity index (χ3v) is 4.15. The molecule has 0 saturated carbocycles. The molecule has 0 fully saturated rings. The van der Waals surface area contributed by atoms with Crippen LogP contribution in [0.2, 0.25) is 0 Å². The van der Waals surface area contributed by atoms with Gasteiger partial charge in [-0.05, 0) is 36.6 Å². The Hall–Kier alpha value is -2.83. The summed E-state index contributed by atoms with van der Waals surface area (Å²) in [6.45, 7) is 5.82. The predicted molar refractivity (Wildman–Crippen MR) is 108 cm³/mol. The molecule has 1 atom stereocenters. The summed E-state index contributed by atoms with van der Waals surface area (Å²) >= 11 is 0. The van der Waals surface area contributed by atoms with Gasteiger partial charge in [-0.15, -0.1) is 0 Å². The Morgan fingerprint density at radius 3 is 2.53 bits per heavy atom. The standard InChI is InChI=1S/C20H22N2O3.C2H4O2.Cu/c1-13(2)17-12-25-20(22-17)15-8-4-5-9-16(15)21-11-14-7-6-10-18(24-3)19(14)23;1-2(3)4;/h4-11,13,17,23H,12H2,1-3H3;1H3,(H,3,4);/q;;+2/p-2/t17-;;/m1../s1. The Morgan fingerprint density at radius 2 is 1.93 bits per heavy atom. The third-order valence-electron chi connectivity index (χ3n) is 4.15. The molecule has 0 N–H and O–H groups in total. The molecule has 30 heavy (non-hydrogen) atoms. The summed E-state index contributed by atoms with van der Waals surface area (Å²) in [6, 6.07) is 12.9. The SMILES string of the molecule is CC(=O)[O-].COc1cccc(C=Nc2ccccc2C2=N[C@@H](C(C)C)CO2)c1[O-].[Cu+2]. The maximum atomic E-state index is 12.2. The number of carbonyl (C=O) groups is 1. The van der Waals surface area contributed by atoms with Crippen molar-refractivity contribution in [3.05, 3.63) is 53.6 Å². The van der Waals surface area contributed by atoms with Gasteiger partial charge in [-0.3, -0.25) is 4.99 Å². The van der Waals surface area contributed by atoms with Crippen molar-refractivity contribution in [3.8, 4) is 11.5 Å². The summed E-state index contributed by atoms with van der Waals surface area (Å²) in [5.41, 5.74) is 2.02. The molecule has 0 amide bonds. The van der Waals surface area contributed by atoms with E-state index in [4.69, 9.17) is 19.4 Å². The van der Waals surface area contributed by atoms with Crippen LogP contribution in [0.3, 0.4) is 0 Å². The number of para-hydroxylation sites is 2. The number of methoxy groups -OCH3 is 1. The zero-order valence-electron chi connectivity index (χ0n) is 17.2. The van der Waals surface area contributed by atoms with Gasteiger partial charge in [0.15, 0.2) is 0 Å². The monoisotopic (exact) mass is 459 g/mol. The molecule has 0 bridgehead atoms. The molecule has 1 aliphatic rings. The van der Waals surface area contributed by atoms with Gasteiger partial charge in [-0.1, -0.05) is 43.9 Å². The number of carbonyl (C=O) groups excluding carboxylic acids is 1. The molecule has 0 aliphatic carbocycles. The fraction of sp³-hybridized carbons (Fsp3) is 0.318. The first-order valence-electron chi connectivity index (χ1n) is 9.19. The van der Waals surface area contributed by atoms with Crippen molar-refractivity contribution in [2.24, 2.45) is 15.9 Å². The Labute approximate surface area is 187 Å². The van der Waals surface area contributed by atoms with Crippen molar-refractivity contribution in [3.63, 3.8) is 0 Å². The number of hydrogen-bond acceptors (Lipinski definition) is 7. The van der Waals surface area contributed by atoms with E-state index in [9.17, 15) is 5.11 Å². The van der Waals surface area contributed by atoms with E-state index in [1.807, 2.05) is 24.3 Å². The normalized spacial score (nSPS) is 15.0. The van der Waals surface area contributed by atoms with Crippen LogP contribution in [0.25, 0.3) is 0 Å².